The van der Waals surface area contributed by atoms with Gasteiger partial charge in [0, 0.05) is 19.2 Å². The van der Waals surface area contributed by atoms with Crippen molar-refractivity contribution in [3.8, 4) is 0 Å². The van der Waals surface area contributed by atoms with Gasteiger partial charge in [0.2, 0.25) is 0 Å². The van der Waals surface area contributed by atoms with E-state index in [1.807, 2.05) is 0 Å². The molecule has 1 aliphatic heterocycles. The van der Waals surface area contributed by atoms with Crippen LogP contribution in [-0.2, 0) is 4.74 Å². The van der Waals surface area contributed by atoms with Crippen LogP contribution in [0, 0.1) is 5.92 Å². The second-order valence-electron chi connectivity index (χ2n) is 6.28. The van der Waals surface area contributed by atoms with Gasteiger partial charge in [-0.1, -0.05) is 6.92 Å². The van der Waals surface area contributed by atoms with Gasteiger partial charge in [-0.15, -0.1) is 0 Å². The van der Waals surface area contributed by atoms with E-state index in [4.69, 9.17) is 4.74 Å². The minimum absolute atomic E-state index is 0.0430. The Kier molecular flexibility index (Phi) is 4.80. The molecule has 1 aromatic rings. The summed E-state index contributed by atoms with van der Waals surface area (Å²) in [7, 11) is 0. The molecule has 0 unspecified atom stereocenters. The molecular weight excluding hydrogens is 284 g/mol. The third-order valence-electron chi connectivity index (χ3n) is 4.48. The van der Waals surface area contributed by atoms with Gasteiger partial charge in [0.25, 0.3) is 0 Å². The van der Waals surface area contributed by atoms with Gasteiger partial charge in [-0.2, -0.15) is 11.3 Å². The highest BCUT2D eigenvalue weighted by Gasteiger charge is 2.36. The number of nitrogens with one attached hydrogen (secondary N) is 2. The topological polar surface area (TPSA) is 50.4 Å². The summed E-state index contributed by atoms with van der Waals surface area (Å²) in [5.41, 5.74) is 1.29. The van der Waals surface area contributed by atoms with Crippen LogP contribution in [0.25, 0.3) is 0 Å². The van der Waals surface area contributed by atoms with Crippen molar-refractivity contribution in [2.24, 2.45) is 5.92 Å². The molecule has 5 heteroatoms. The Morgan fingerprint density at radius 3 is 3.05 bits per heavy atom. The highest BCUT2D eigenvalue weighted by atomic mass is 32.1. The Morgan fingerprint density at radius 1 is 1.48 bits per heavy atom. The first-order chi connectivity index (χ1) is 10.2. The zero-order chi connectivity index (χ0) is 14.7. The average Bonchev–Trinajstić information content (AvgIpc) is 3.20. The monoisotopic (exact) mass is 308 g/mol. The van der Waals surface area contributed by atoms with Crippen LogP contribution >= 0.6 is 11.3 Å². The van der Waals surface area contributed by atoms with Crippen molar-refractivity contribution in [2.75, 3.05) is 13.2 Å². The molecule has 2 N–H and O–H groups in total. The van der Waals surface area contributed by atoms with E-state index in [0.29, 0.717) is 18.6 Å². The molecule has 0 spiro atoms. The van der Waals surface area contributed by atoms with Gasteiger partial charge in [0.15, 0.2) is 0 Å². The van der Waals surface area contributed by atoms with Crippen molar-refractivity contribution in [3.63, 3.8) is 0 Å². The summed E-state index contributed by atoms with van der Waals surface area (Å²) in [5, 5.41) is 10.3. The fourth-order valence-corrected chi connectivity index (χ4v) is 3.69. The third kappa shape index (κ3) is 4.20. The third-order valence-corrected chi connectivity index (χ3v) is 5.18. The van der Waals surface area contributed by atoms with Crippen molar-refractivity contribution in [1.29, 1.82) is 0 Å². The highest BCUT2D eigenvalue weighted by Crippen LogP contribution is 2.38. The maximum absolute atomic E-state index is 12.0. The number of hydrogen-bond donors (Lipinski definition) is 2. The summed E-state index contributed by atoms with van der Waals surface area (Å²) in [6.45, 7) is 3.59. The van der Waals surface area contributed by atoms with Crippen molar-refractivity contribution in [2.45, 2.75) is 50.7 Å². The normalized spacial score (nSPS) is 27.1. The van der Waals surface area contributed by atoms with Crippen molar-refractivity contribution in [1.82, 2.24) is 10.6 Å². The summed E-state index contributed by atoms with van der Waals surface area (Å²) in [6, 6.07) is 2.34. The van der Waals surface area contributed by atoms with E-state index >= 15 is 0 Å². The number of amides is 2. The fourth-order valence-electron chi connectivity index (χ4n) is 2.91. The van der Waals surface area contributed by atoms with Crippen LogP contribution < -0.4 is 10.6 Å². The van der Waals surface area contributed by atoms with Gasteiger partial charge in [0.05, 0.1) is 6.10 Å². The Morgan fingerprint density at radius 2 is 2.33 bits per heavy atom. The smallest absolute Gasteiger partial charge is 0.315 e. The van der Waals surface area contributed by atoms with Crippen LogP contribution in [0.5, 0.6) is 0 Å². The predicted molar refractivity (Wildman–Crippen MR) is 84.8 cm³/mol. The van der Waals surface area contributed by atoms with Crippen molar-refractivity contribution in [3.05, 3.63) is 22.4 Å². The largest absolute Gasteiger partial charge is 0.378 e. The lowest BCUT2D eigenvalue weighted by molar-refractivity contribution is -0.00914. The van der Waals surface area contributed by atoms with Gasteiger partial charge in [-0.05, 0) is 59.9 Å². The number of ether oxygens (including phenoxy) is 1. The van der Waals surface area contributed by atoms with Crippen molar-refractivity contribution < 1.29 is 9.53 Å². The molecule has 1 saturated carbocycles. The maximum atomic E-state index is 12.0. The molecule has 3 atom stereocenters. The quantitative estimate of drug-likeness (QED) is 0.878. The zero-order valence-electron chi connectivity index (χ0n) is 12.5. The summed E-state index contributed by atoms with van der Waals surface area (Å²) < 4.78 is 5.79. The molecular formula is C16H24N2O2S. The lowest BCUT2D eigenvalue weighted by Gasteiger charge is -2.30. The van der Waals surface area contributed by atoms with Crippen molar-refractivity contribution >= 4 is 17.4 Å². The van der Waals surface area contributed by atoms with Gasteiger partial charge < -0.3 is 15.4 Å². The molecule has 3 rings (SSSR count). The summed E-state index contributed by atoms with van der Waals surface area (Å²) in [5.74, 6) is 1.10. The van der Waals surface area contributed by atoms with Crippen LogP contribution in [0.4, 0.5) is 4.79 Å². The standard InChI is InChI=1S/C16H24N2O2S/c1-11(13-5-7-21-10-13)9-17-16(19)18-14-4-6-20-15(8-14)12-2-3-12/h5,7,10-12,14-15H,2-4,6,8-9H2,1H3,(H2,17,18,19)/t11-,14+,15+/m1/s1. The molecule has 1 aromatic heterocycles. The summed E-state index contributed by atoms with van der Waals surface area (Å²) >= 11 is 1.70. The minimum atomic E-state index is -0.0430. The number of carbonyl (C=O) groups is 1. The van der Waals surface area contributed by atoms with E-state index < -0.39 is 0 Å². The maximum Gasteiger partial charge on any atom is 0.315 e. The van der Waals surface area contributed by atoms with Gasteiger partial charge in [-0.25, -0.2) is 4.79 Å². The molecule has 0 bridgehead atoms. The second kappa shape index (κ2) is 6.79. The first-order valence-electron chi connectivity index (χ1n) is 7.90. The Hall–Kier alpha value is -1.07. The minimum Gasteiger partial charge on any atom is -0.378 e. The van der Waals surface area contributed by atoms with E-state index in [1.54, 1.807) is 11.3 Å². The molecule has 1 aliphatic carbocycles. The number of carbonyl (C=O) groups excluding carboxylic acids is 1. The first-order valence-corrected chi connectivity index (χ1v) is 8.84. The second-order valence-corrected chi connectivity index (χ2v) is 7.06. The molecule has 2 aliphatic rings. The SMILES string of the molecule is C[C@H](CNC(=O)N[C@H]1CCO[C@H](C2CC2)C1)c1ccsc1. The average molecular weight is 308 g/mol. The number of thiophene rings is 1. The Labute approximate surface area is 130 Å². The number of urea groups is 1. The van der Waals surface area contributed by atoms with Crippen LogP contribution in [0.1, 0.15) is 44.1 Å². The molecule has 2 fully saturated rings. The Balaban J connectivity index is 1.39. The van der Waals surface area contributed by atoms with E-state index in [1.165, 1.54) is 18.4 Å². The van der Waals surface area contributed by atoms with Gasteiger partial charge in [-0.3, -0.25) is 0 Å². The molecule has 21 heavy (non-hydrogen) atoms. The van der Waals surface area contributed by atoms with E-state index in [-0.39, 0.29) is 12.1 Å². The lowest BCUT2D eigenvalue weighted by atomic mass is 10.0. The van der Waals surface area contributed by atoms with E-state index in [9.17, 15) is 4.79 Å². The molecule has 4 nitrogen and oxygen atoms in total. The fraction of sp³-hybridized carbons (Fsp3) is 0.688. The van der Waals surface area contributed by atoms with Gasteiger partial charge in [0.1, 0.15) is 0 Å². The molecule has 116 valence electrons. The van der Waals surface area contributed by atoms with Crippen LogP contribution in [-0.4, -0.2) is 31.3 Å². The first kappa shape index (κ1) is 14.9. The highest BCUT2D eigenvalue weighted by molar-refractivity contribution is 7.07. The van der Waals surface area contributed by atoms with Crippen LogP contribution in [0.15, 0.2) is 16.8 Å². The van der Waals surface area contributed by atoms with E-state index in [0.717, 1.165) is 25.4 Å². The summed E-state index contributed by atoms with van der Waals surface area (Å²) in [6.07, 6.45) is 4.85. The van der Waals surface area contributed by atoms with Crippen LogP contribution in [0.3, 0.4) is 0 Å². The molecule has 0 aromatic carbocycles. The van der Waals surface area contributed by atoms with Gasteiger partial charge >= 0.3 is 6.03 Å². The Bertz CT molecular complexity index is 459. The molecule has 2 heterocycles. The number of hydrogen-bond acceptors (Lipinski definition) is 3. The number of rotatable bonds is 5. The molecule has 2 amide bonds. The lowest BCUT2D eigenvalue weighted by Crippen LogP contribution is -2.47. The summed E-state index contributed by atoms with van der Waals surface area (Å²) in [4.78, 5) is 12.0. The molecule has 0 radical (unpaired) electrons. The predicted octanol–water partition coefficient (Wildman–Crippen LogP) is 3.11. The van der Waals surface area contributed by atoms with E-state index in [2.05, 4.69) is 34.4 Å². The molecule has 1 saturated heterocycles. The zero-order valence-corrected chi connectivity index (χ0v) is 13.3. The van der Waals surface area contributed by atoms with Crippen LogP contribution in [0.2, 0.25) is 0 Å².